The summed E-state index contributed by atoms with van der Waals surface area (Å²) in [6.45, 7) is 6.16. The number of fused-ring (bicyclic) bond motifs is 6. The summed E-state index contributed by atoms with van der Waals surface area (Å²) in [6.07, 6.45) is 11.9. The third-order valence-electron chi connectivity index (χ3n) is 12.5. The quantitative estimate of drug-likeness (QED) is 0.341. The van der Waals surface area contributed by atoms with Gasteiger partial charge in [-0.1, -0.05) is 44.0 Å². The van der Waals surface area contributed by atoms with E-state index in [0.717, 1.165) is 43.0 Å². The van der Waals surface area contributed by atoms with Crippen molar-refractivity contribution in [1.82, 2.24) is 19.7 Å². The van der Waals surface area contributed by atoms with Crippen LogP contribution < -0.4 is 4.74 Å². The molecule has 1 N–H and O–H groups in total. The minimum atomic E-state index is -1.05. The Morgan fingerprint density at radius 1 is 1.04 bits per heavy atom. The summed E-state index contributed by atoms with van der Waals surface area (Å²) in [6, 6.07) is 15.4. The monoisotopic (exact) mass is 676 g/mol. The van der Waals surface area contributed by atoms with Crippen molar-refractivity contribution < 1.29 is 24.2 Å². The number of aromatic nitrogens is 1. The molecule has 3 aromatic rings. The van der Waals surface area contributed by atoms with Crippen LogP contribution in [0.3, 0.4) is 0 Å². The zero-order chi connectivity index (χ0) is 35.2. The van der Waals surface area contributed by atoms with Gasteiger partial charge in [-0.05, 0) is 98.1 Å². The number of hydrogen-bond donors (Lipinski definition) is 1. The van der Waals surface area contributed by atoms with Gasteiger partial charge in [0.05, 0.1) is 18.2 Å². The van der Waals surface area contributed by atoms with Crippen LogP contribution in [0.4, 0.5) is 0 Å². The van der Waals surface area contributed by atoms with Gasteiger partial charge in [0.2, 0.25) is 5.91 Å². The van der Waals surface area contributed by atoms with Crippen molar-refractivity contribution in [1.29, 1.82) is 0 Å². The number of pyridine rings is 1. The maximum atomic E-state index is 14.1. The number of para-hydroxylation sites is 1. The molecule has 7 rings (SSSR count). The Morgan fingerprint density at radius 3 is 2.54 bits per heavy atom. The van der Waals surface area contributed by atoms with Crippen LogP contribution in [0.1, 0.15) is 90.3 Å². The van der Waals surface area contributed by atoms with Gasteiger partial charge in [-0.2, -0.15) is 0 Å². The molecule has 5 unspecified atom stereocenters. The number of aryl methyl sites for hydroxylation is 1. The van der Waals surface area contributed by atoms with Crippen molar-refractivity contribution in [2.45, 2.75) is 70.3 Å². The molecule has 50 heavy (non-hydrogen) atoms. The van der Waals surface area contributed by atoms with Crippen LogP contribution in [-0.4, -0.2) is 94.5 Å². The van der Waals surface area contributed by atoms with Crippen LogP contribution in [0.2, 0.25) is 0 Å². The van der Waals surface area contributed by atoms with E-state index in [2.05, 4.69) is 30.0 Å². The molecular weight excluding hydrogens is 628 g/mol. The molecule has 5 atom stereocenters. The van der Waals surface area contributed by atoms with Gasteiger partial charge < -0.3 is 24.5 Å². The lowest BCUT2D eigenvalue weighted by Crippen LogP contribution is -2.53. The largest absolute Gasteiger partial charge is 0.496 e. The van der Waals surface area contributed by atoms with E-state index >= 15 is 0 Å². The van der Waals surface area contributed by atoms with Crippen molar-refractivity contribution in [2.75, 3.05) is 46.4 Å². The standard InChI is InChI=1S/C41H48N4O5/c1-5-19-45(39(48)35-14-12-27-9-7-8-10-34(27)42-35)26-37(46)43-20-22-44(23-21-43)38(47)32-25-31-28(24-36(32)50-4)11-13-30-29(31)15-17-40(3)33(30)16-18-41(40,49)6-2/h2,7-10,12,14,24-25,29-30,33,49H,5,11,13,15-23,26H2,1,3-4H3. The van der Waals surface area contributed by atoms with E-state index < -0.39 is 5.60 Å². The highest BCUT2D eigenvalue weighted by Gasteiger charge is 2.61. The Labute approximate surface area is 295 Å². The molecule has 1 aromatic heterocycles. The van der Waals surface area contributed by atoms with Gasteiger partial charge in [-0.25, -0.2) is 4.98 Å². The highest BCUT2D eigenvalue weighted by atomic mass is 16.5. The van der Waals surface area contributed by atoms with Crippen molar-refractivity contribution in [3.05, 3.63) is 70.9 Å². The van der Waals surface area contributed by atoms with Crippen molar-refractivity contribution in [3.8, 4) is 18.1 Å². The minimum absolute atomic E-state index is 0.0326. The topological polar surface area (TPSA) is 103 Å². The normalized spacial score (nSPS) is 27.1. The van der Waals surface area contributed by atoms with Crippen molar-refractivity contribution in [2.24, 2.45) is 17.3 Å². The van der Waals surface area contributed by atoms with Crippen LogP contribution in [0.15, 0.2) is 48.5 Å². The Kier molecular flexibility index (Phi) is 9.10. The summed E-state index contributed by atoms with van der Waals surface area (Å²) in [4.78, 5) is 50.7. The molecule has 3 amide bonds. The lowest BCUT2D eigenvalue weighted by Gasteiger charge is -2.52. The predicted octanol–water partition coefficient (Wildman–Crippen LogP) is 5.30. The molecule has 2 heterocycles. The molecule has 2 saturated carbocycles. The first-order chi connectivity index (χ1) is 24.1. The predicted molar refractivity (Wildman–Crippen MR) is 192 cm³/mol. The SMILES string of the molecule is C#CC1(O)CCC2C3CCc4cc(OC)c(C(=O)N5CCN(C(=O)CN(CCC)C(=O)c6ccc7ccccc7n6)CC5)cc4C3CCC21C. The first kappa shape index (κ1) is 34.0. The lowest BCUT2D eigenvalue weighted by atomic mass is 9.53. The van der Waals surface area contributed by atoms with Crippen LogP contribution >= 0.6 is 0 Å². The van der Waals surface area contributed by atoms with Crippen molar-refractivity contribution in [3.63, 3.8) is 0 Å². The fourth-order valence-corrected chi connectivity index (χ4v) is 9.65. The summed E-state index contributed by atoms with van der Waals surface area (Å²) in [7, 11) is 1.61. The smallest absolute Gasteiger partial charge is 0.272 e. The number of methoxy groups -OCH3 is 1. The van der Waals surface area contributed by atoms with E-state index in [9.17, 15) is 19.5 Å². The first-order valence-electron chi connectivity index (χ1n) is 18.2. The Bertz CT molecular complexity index is 1860. The molecule has 1 saturated heterocycles. The molecule has 0 bridgehead atoms. The molecule has 0 spiro atoms. The number of ether oxygens (including phenoxy) is 1. The Balaban J connectivity index is 1.02. The van der Waals surface area contributed by atoms with E-state index in [4.69, 9.17) is 11.2 Å². The van der Waals surface area contributed by atoms with E-state index in [-0.39, 0.29) is 29.7 Å². The number of benzene rings is 2. The average molecular weight is 677 g/mol. The molecule has 9 heteroatoms. The van der Waals surface area contributed by atoms with Crippen LogP contribution in [0.25, 0.3) is 10.9 Å². The van der Waals surface area contributed by atoms with Gasteiger partial charge >= 0.3 is 0 Å². The molecular formula is C41H48N4O5. The van der Waals surface area contributed by atoms with Crippen molar-refractivity contribution >= 4 is 28.6 Å². The number of terminal acetylenes is 1. The fourth-order valence-electron chi connectivity index (χ4n) is 9.65. The summed E-state index contributed by atoms with van der Waals surface area (Å²) in [5.41, 5.74) is 2.78. The van der Waals surface area contributed by atoms with Gasteiger partial charge in [0.25, 0.3) is 11.8 Å². The van der Waals surface area contributed by atoms with E-state index in [1.807, 2.05) is 42.2 Å². The molecule has 9 nitrogen and oxygen atoms in total. The van der Waals surface area contributed by atoms with Crippen LogP contribution in [0, 0.1) is 29.6 Å². The van der Waals surface area contributed by atoms with Crippen LogP contribution in [0.5, 0.6) is 5.75 Å². The van der Waals surface area contributed by atoms with E-state index in [1.54, 1.807) is 23.0 Å². The molecule has 3 fully saturated rings. The first-order valence-corrected chi connectivity index (χ1v) is 18.2. The Morgan fingerprint density at radius 2 is 1.80 bits per heavy atom. The molecule has 3 aliphatic carbocycles. The molecule has 0 radical (unpaired) electrons. The highest BCUT2D eigenvalue weighted by Crippen LogP contribution is 2.64. The average Bonchev–Trinajstić information content (AvgIpc) is 3.43. The number of amides is 3. The summed E-state index contributed by atoms with van der Waals surface area (Å²) in [5, 5.41) is 12.3. The maximum absolute atomic E-state index is 14.1. The summed E-state index contributed by atoms with van der Waals surface area (Å²) < 4.78 is 5.79. The molecule has 4 aliphatic rings. The Hall–Kier alpha value is -4.42. The number of carbonyl (C=O) groups excluding carboxylic acids is 3. The number of piperazine rings is 1. The maximum Gasteiger partial charge on any atom is 0.272 e. The zero-order valence-electron chi connectivity index (χ0n) is 29.5. The van der Waals surface area contributed by atoms with Gasteiger partial charge in [0.1, 0.15) is 23.6 Å². The van der Waals surface area contributed by atoms with Crippen LogP contribution in [-0.2, 0) is 11.2 Å². The van der Waals surface area contributed by atoms with Gasteiger partial charge in [0, 0.05) is 43.5 Å². The second-order valence-electron chi connectivity index (χ2n) is 15.0. The summed E-state index contributed by atoms with van der Waals surface area (Å²) in [5.74, 6) is 3.96. The molecule has 1 aliphatic heterocycles. The minimum Gasteiger partial charge on any atom is -0.496 e. The fraction of sp³-hybridized carbons (Fsp3) is 0.512. The van der Waals surface area contributed by atoms with Gasteiger partial charge in [-0.15, -0.1) is 6.42 Å². The molecule has 262 valence electrons. The van der Waals surface area contributed by atoms with E-state index in [1.165, 1.54) is 11.1 Å². The number of nitrogens with zero attached hydrogens (tertiary/aromatic N) is 4. The third kappa shape index (κ3) is 5.72. The second kappa shape index (κ2) is 13.4. The third-order valence-corrected chi connectivity index (χ3v) is 12.5. The van der Waals surface area contributed by atoms with Gasteiger partial charge in [-0.3, -0.25) is 14.4 Å². The number of hydrogen-bond acceptors (Lipinski definition) is 6. The van der Waals surface area contributed by atoms with Gasteiger partial charge in [0.15, 0.2) is 0 Å². The highest BCUT2D eigenvalue weighted by molar-refractivity contribution is 5.98. The number of rotatable bonds is 7. The molecule has 2 aromatic carbocycles. The van der Waals surface area contributed by atoms with E-state index in [0.29, 0.717) is 80.3 Å². The number of carbonyl (C=O) groups is 3. The summed E-state index contributed by atoms with van der Waals surface area (Å²) >= 11 is 0. The second-order valence-corrected chi connectivity index (χ2v) is 15.0. The lowest BCUT2D eigenvalue weighted by molar-refractivity contribution is -0.133. The number of aliphatic hydroxyl groups is 1. The zero-order valence-corrected chi connectivity index (χ0v) is 29.5.